The Kier molecular flexibility index (Phi) is 4.10. The molecule has 0 aromatic rings. The fourth-order valence-corrected chi connectivity index (χ4v) is 6.27. The van der Waals surface area contributed by atoms with Crippen LogP contribution in [-0.4, -0.2) is 60.9 Å². The summed E-state index contributed by atoms with van der Waals surface area (Å²) in [6, 6.07) is 0.120. The van der Waals surface area contributed by atoms with E-state index >= 15 is 0 Å². The summed E-state index contributed by atoms with van der Waals surface area (Å²) in [5.41, 5.74) is 0.257. The van der Waals surface area contributed by atoms with Crippen LogP contribution in [0.2, 0.25) is 0 Å². The molecule has 0 aromatic carbocycles. The van der Waals surface area contributed by atoms with Crippen molar-refractivity contribution >= 4 is 11.8 Å². The van der Waals surface area contributed by atoms with Crippen LogP contribution >= 0.6 is 0 Å². The molecule has 5 fully saturated rings. The van der Waals surface area contributed by atoms with Gasteiger partial charge in [0, 0.05) is 32.2 Å². The molecule has 134 valence electrons. The molecule has 4 aliphatic carbocycles. The number of carbonyl (C=O) groups is 2. The van der Waals surface area contributed by atoms with E-state index in [2.05, 4.69) is 24.2 Å². The van der Waals surface area contributed by atoms with Gasteiger partial charge in [0.25, 0.3) is 0 Å². The summed E-state index contributed by atoms with van der Waals surface area (Å²) >= 11 is 0. The molecule has 4 bridgehead atoms. The van der Waals surface area contributed by atoms with Gasteiger partial charge in [-0.05, 0) is 75.7 Å². The van der Waals surface area contributed by atoms with Gasteiger partial charge in [0.15, 0.2) is 0 Å². The third kappa shape index (κ3) is 2.85. The highest BCUT2D eigenvalue weighted by Gasteiger charge is 2.53. The van der Waals surface area contributed by atoms with Crippen molar-refractivity contribution in [2.45, 2.75) is 51.5 Å². The van der Waals surface area contributed by atoms with E-state index < -0.39 is 0 Å². The SMILES string of the molecule is CC(NC(=O)C(=O)N1CCN(C)CC1)C12CC3CC(CC(C3)C1)C2. The molecule has 5 nitrogen and oxygen atoms in total. The summed E-state index contributed by atoms with van der Waals surface area (Å²) in [4.78, 5) is 28.9. The van der Waals surface area contributed by atoms with Gasteiger partial charge >= 0.3 is 11.8 Å². The average molecular weight is 333 g/mol. The Hall–Kier alpha value is -1.10. The summed E-state index contributed by atoms with van der Waals surface area (Å²) in [5, 5.41) is 3.10. The monoisotopic (exact) mass is 333 g/mol. The molecule has 1 N–H and O–H groups in total. The average Bonchev–Trinajstić information content (AvgIpc) is 2.53. The molecule has 1 heterocycles. The van der Waals surface area contributed by atoms with Gasteiger partial charge in [-0.25, -0.2) is 0 Å². The van der Waals surface area contributed by atoms with E-state index in [0.29, 0.717) is 13.1 Å². The molecule has 1 aliphatic heterocycles. The lowest BCUT2D eigenvalue weighted by Crippen LogP contribution is -2.58. The van der Waals surface area contributed by atoms with Gasteiger partial charge in [-0.3, -0.25) is 9.59 Å². The Labute approximate surface area is 145 Å². The van der Waals surface area contributed by atoms with Gasteiger partial charge in [-0.15, -0.1) is 0 Å². The van der Waals surface area contributed by atoms with Crippen molar-refractivity contribution in [2.75, 3.05) is 33.2 Å². The first-order valence-electron chi connectivity index (χ1n) is 9.73. The van der Waals surface area contributed by atoms with Crippen molar-refractivity contribution < 1.29 is 9.59 Å². The van der Waals surface area contributed by atoms with Crippen LogP contribution in [0.4, 0.5) is 0 Å². The number of piperazine rings is 1. The minimum Gasteiger partial charge on any atom is -0.345 e. The highest BCUT2D eigenvalue weighted by atomic mass is 16.2. The molecule has 5 aliphatic rings. The fourth-order valence-electron chi connectivity index (χ4n) is 6.27. The Balaban J connectivity index is 1.38. The molecule has 1 saturated heterocycles. The third-order valence-electron chi connectivity index (χ3n) is 7.34. The predicted molar refractivity (Wildman–Crippen MR) is 92.3 cm³/mol. The molecule has 0 aromatic heterocycles. The zero-order chi connectivity index (χ0) is 16.9. The van der Waals surface area contributed by atoms with Crippen molar-refractivity contribution in [2.24, 2.45) is 23.2 Å². The number of nitrogens with one attached hydrogen (secondary N) is 1. The van der Waals surface area contributed by atoms with Crippen LogP contribution in [0.1, 0.15) is 45.4 Å². The van der Waals surface area contributed by atoms with Gasteiger partial charge in [0.2, 0.25) is 0 Å². The summed E-state index contributed by atoms with van der Waals surface area (Å²) in [6.07, 6.45) is 7.97. The lowest BCUT2D eigenvalue weighted by Gasteiger charge is -2.59. The number of likely N-dealkylation sites (N-methyl/N-ethyl adjacent to an activating group) is 1. The molecular weight excluding hydrogens is 302 g/mol. The van der Waals surface area contributed by atoms with Crippen molar-refractivity contribution in [1.82, 2.24) is 15.1 Å². The maximum atomic E-state index is 12.5. The Bertz CT molecular complexity index is 489. The molecule has 0 spiro atoms. The second-order valence-electron chi connectivity index (χ2n) is 9.07. The molecule has 5 heteroatoms. The second-order valence-corrected chi connectivity index (χ2v) is 9.07. The van der Waals surface area contributed by atoms with Gasteiger partial charge in [0.1, 0.15) is 0 Å². The molecule has 0 radical (unpaired) electrons. The van der Waals surface area contributed by atoms with E-state index in [-0.39, 0.29) is 23.3 Å². The van der Waals surface area contributed by atoms with Crippen LogP contribution in [0.5, 0.6) is 0 Å². The molecule has 1 atom stereocenters. The van der Waals surface area contributed by atoms with E-state index in [0.717, 1.165) is 30.8 Å². The number of amides is 2. The van der Waals surface area contributed by atoms with Crippen LogP contribution < -0.4 is 5.32 Å². The van der Waals surface area contributed by atoms with Gasteiger partial charge in [-0.2, -0.15) is 0 Å². The number of rotatable bonds is 2. The fraction of sp³-hybridized carbons (Fsp3) is 0.895. The van der Waals surface area contributed by atoms with Crippen LogP contribution in [0.15, 0.2) is 0 Å². The normalized spacial score (nSPS) is 39.8. The summed E-state index contributed by atoms with van der Waals surface area (Å²) in [7, 11) is 2.05. The van der Waals surface area contributed by atoms with E-state index in [1.54, 1.807) is 4.90 Å². The van der Waals surface area contributed by atoms with Crippen LogP contribution in [0.3, 0.4) is 0 Å². The minimum absolute atomic E-state index is 0.120. The largest absolute Gasteiger partial charge is 0.345 e. The van der Waals surface area contributed by atoms with E-state index in [1.807, 2.05) is 0 Å². The number of hydrogen-bond acceptors (Lipinski definition) is 3. The molecule has 24 heavy (non-hydrogen) atoms. The molecular formula is C19H31N3O2. The van der Waals surface area contributed by atoms with Gasteiger partial charge in [-0.1, -0.05) is 0 Å². The quantitative estimate of drug-likeness (QED) is 0.779. The van der Waals surface area contributed by atoms with Crippen molar-refractivity contribution in [3.63, 3.8) is 0 Å². The van der Waals surface area contributed by atoms with Gasteiger partial charge < -0.3 is 15.1 Å². The lowest BCUT2D eigenvalue weighted by atomic mass is 9.48. The first-order chi connectivity index (χ1) is 11.4. The second kappa shape index (κ2) is 6.01. The molecule has 4 saturated carbocycles. The highest BCUT2D eigenvalue weighted by molar-refractivity contribution is 6.35. The van der Waals surface area contributed by atoms with E-state index in [9.17, 15) is 9.59 Å². The standard InChI is InChI=1S/C19H31N3O2/c1-13(19-10-14-7-15(11-19)9-16(8-14)12-19)20-17(23)18(24)22-5-3-21(2)4-6-22/h13-16H,3-12H2,1-2H3,(H,20,23). The topological polar surface area (TPSA) is 52.7 Å². The lowest BCUT2D eigenvalue weighted by molar-refractivity contribution is -0.148. The van der Waals surface area contributed by atoms with Gasteiger partial charge in [0.05, 0.1) is 0 Å². The summed E-state index contributed by atoms with van der Waals surface area (Å²) in [5.74, 6) is 1.87. The maximum Gasteiger partial charge on any atom is 0.311 e. The zero-order valence-electron chi connectivity index (χ0n) is 15.1. The number of carbonyl (C=O) groups excluding carboxylic acids is 2. The predicted octanol–water partition coefficient (Wildman–Crippen LogP) is 1.48. The Morgan fingerprint density at radius 3 is 1.96 bits per heavy atom. The van der Waals surface area contributed by atoms with Crippen molar-refractivity contribution in [3.8, 4) is 0 Å². The maximum absolute atomic E-state index is 12.5. The van der Waals surface area contributed by atoms with E-state index in [1.165, 1.54) is 38.5 Å². The molecule has 2 amide bonds. The van der Waals surface area contributed by atoms with Crippen molar-refractivity contribution in [3.05, 3.63) is 0 Å². The first kappa shape index (κ1) is 16.4. The number of nitrogens with zero attached hydrogens (tertiary/aromatic N) is 2. The smallest absolute Gasteiger partial charge is 0.311 e. The van der Waals surface area contributed by atoms with E-state index in [4.69, 9.17) is 0 Å². The molecule has 5 rings (SSSR count). The van der Waals surface area contributed by atoms with Crippen LogP contribution in [0, 0.1) is 23.2 Å². The molecule has 1 unspecified atom stereocenters. The first-order valence-corrected chi connectivity index (χ1v) is 9.73. The highest BCUT2D eigenvalue weighted by Crippen LogP contribution is 2.61. The Morgan fingerprint density at radius 1 is 0.958 bits per heavy atom. The van der Waals surface area contributed by atoms with Crippen LogP contribution in [-0.2, 0) is 9.59 Å². The summed E-state index contributed by atoms with van der Waals surface area (Å²) in [6.45, 7) is 5.17. The number of hydrogen-bond donors (Lipinski definition) is 1. The Morgan fingerprint density at radius 2 is 1.46 bits per heavy atom. The van der Waals surface area contributed by atoms with Crippen LogP contribution in [0.25, 0.3) is 0 Å². The minimum atomic E-state index is -0.386. The summed E-state index contributed by atoms with van der Waals surface area (Å²) < 4.78 is 0. The van der Waals surface area contributed by atoms with Crippen molar-refractivity contribution in [1.29, 1.82) is 0 Å². The zero-order valence-corrected chi connectivity index (χ0v) is 15.1. The third-order valence-corrected chi connectivity index (χ3v) is 7.34.